The Morgan fingerprint density at radius 2 is 1.54 bits per heavy atom. The summed E-state index contributed by atoms with van der Waals surface area (Å²) in [5.74, 6) is -1.29. The topological polar surface area (TPSA) is 109 Å². The van der Waals surface area contributed by atoms with Crippen molar-refractivity contribution in [1.29, 1.82) is 0 Å². The zero-order valence-corrected chi connectivity index (χ0v) is 21.9. The van der Waals surface area contributed by atoms with Crippen molar-refractivity contribution in [3.8, 4) is 5.75 Å². The normalized spacial score (nSPS) is 11.4. The molecule has 0 aliphatic carbocycles. The van der Waals surface area contributed by atoms with Crippen molar-refractivity contribution < 1.29 is 53.6 Å². The van der Waals surface area contributed by atoms with Crippen LogP contribution in [-0.2, 0) is 11.2 Å². The van der Waals surface area contributed by atoms with Crippen molar-refractivity contribution in [2.24, 2.45) is 0 Å². The van der Waals surface area contributed by atoms with Gasteiger partial charge in [-0.2, -0.15) is 0 Å². The van der Waals surface area contributed by atoms with E-state index < -0.39 is 11.8 Å². The van der Waals surface area contributed by atoms with Gasteiger partial charge in [-0.25, -0.2) is 4.63 Å². The zero-order chi connectivity index (χ0) is 24.2. The van der Waals surface area contributed by atoms with E-state index in [0.29, 0.717) is 22.3 Å². The van der Waals surface area contributed by atoms with Gasteiger partial charge < -0.3 is 19.5 Å². The Morgan fingerprint density at radius 1 is 0.914 bits per heavy atom. The molecule has 0 radical (unpaired) electrons. The van der Waals surface area contributed by atoms with Gasteiger partial charge >= 0.3 is 29.6 Å². The Hall–Kier alpha value is -3.46. The van der Waals surface area contributed by atoms with Crippen molar-refractivity contribution in [3.63, 3.8) is 0 Å². The van der Waals surface area contributed by atoms with Crippen LogP contribution in [0, 0.1) is 0 Å². The minimum atomic E-state index is -1.46. The fraction of sp³-hybridized carbons (Fsp3) is 0.154. The van der Waals surface area contributed by atoms with Gasteiger partial charge in [0.1, 0.15) is 16.8 Å². The second kappa shape index (κ2) is 11.3. The number of aromatic nitrogens is 2. The molecule has 0 bridgehead atoms. The van der Waals surface area contributed by atoms with Gasteiger partial charge in [-0.1, -0.05) is 18.2 Å². The molecule has 0 unspecified atom stereocenters. The van der Waals surface area contributed by atoms with E-state index in [1.165, 1.54) is 13.2 Å². The number of nitrogens with zero attached hydrogens (tertiary/aromatic N) is 3. The molecule has 0 atom stereocenters. The molecule has 0 saturated heterocycles. The summed E-state index contributed by atoms with van der Waals surface area (Å²) in [6.07, 6.45) is 0.0942. The summed E-state index contributed by atoms with van der Waals surface area (Å²) >= 11 is 0. The molecule has 8 nitrogen and oxygen atoms in total. The van der Waals surface area contributed by atoms with E-state index in [2.05, 4.69) is 10.3 Å². The standard InChI is InChI=1S/C26H23N3O5.Na/c1-29(2)19-9-4-16(5-10-19)14-21(25(30)17-6-11-20(33-3)12-7-17)24(26(31)32)18-8-13-22-23(15-18)28-34-27-22;/h4-13,15H,14H2,1-3H3,(H,31,32);/q;+1/p-1. The zero-order valence-electron chi connectivity index (χ0n) is 19.9. The van der Waals surface area contributed by atoms with E-state index in [-0.39, 0.29) is 52.7 Å². The molecule has 4 aromatic rings. The number of carbonyl (C=O) groups excluding carboxylic acids is 2. The molecular formula is C26H22N3NaO5. The van der Waals surface area contributed by atoms with Crippen LogP contribution in [0.5, 0.6) is 5.75 Å². The SMILES string of the molecule is COc1ccc(C(=O)C(Cc2ccc(N(C)C)cc2)=C(C(=O)[O-])c2ccc3nonc3c2)cc1.[Na+]. The number of aliphatic carboxylic acids is 1. The van der Waals surface area contributed by atoms with Crippen LogP contribution in [0.2, 0.25) is 0 Å². The first-order valence-electron chi connectivity index (χ1n) is 10.5. The molecule has 0 fully saturated rings. The Kier molecular flexibility index (Phi) is 8.45. The van der Waals surface area contributed by atoms with Crippen molar-refractivity contribution in [2.45, 2.75) is 6.42 Å². The molecule has 0 aliphatic heterocycles. The summed E-state index contributed by atoms with van der Waals surface area (Å²) in [4.78, 5) is 27.9. The van der Waals surface area contributed by atoms with Gasteiger partial charge in [0, 0.05) is 42.9 Å². The van der Waals surface area contributed by atoms with E-state index in [9.17, 15) is 14.7 Å². The van der Waals surface area contributed by atoms with Gasteiger partial charge in [0.05, 0.1) is 13.1 Å². The monoisotopic (exact) mass is 479 g/mol. The average molecular weight is 479 g/mol. The molecule has 0 saturated carbocycles. The van der Waals surface area contributed by atoms with E-state index >= 15 is 0 Å². The number of rotatable bonds is 8. The fourth-order valence-electron chi connectivity index (χ4n) is 3.67. The second-order valence-corrected chi connectivity index (χ2v) is 7.90. The quantitative estimate of drug-likeness (QED) is 0.196. The molecule has 172 valence electrons. The predicted molar refractivity (Wildman–Crippen MR) is 126 cm³/mol. The van der Waals surface area contributed by atoms with Gasteiger partial charge in [-0.15, -0.1) is 0 Å². The largest absolute Gasteiger partial charge is 1.00 e. The number of carboxylic acid groups (broad SMARTS) is 1. The third-order valence-corrected chi connectivity index (χ3v) is 5.51. The van der Waals surface area contributed by atoms with Crippen LogP contribution in [0.25, 0.3) is 16.6 Å². The molecule has 0 N–H and O–H groups in total. The maximum atomic E-state index is 13.6. The molecule has 0 spiro atoms. The number of hydrogen-bond acceptors (Lipinski definition) is 8. The van der Waals surface area contributed by atoms with E-state index in [1.54, 1.807) is 36.4 Å². The van der Waals surface area contributed by atoms with Crippen LogP contribution in [-0.4, -0.2) is 43.3 Å². The van der Waals surface area contributed by atoms with Gasteiger partial charge in [0.2, 0.25) is 0 Å². The van der Waals surface area contributed by atoms with Crippen LogP contribution in [0.3, 0.4) is 0 Å². The van der Waals surface area contributed by atoms with Gasteiger partial charge in [0.15, 0.2) is 5.78 Å². The van der Waals surface area contributed by atoms with Crippen molar-refractivity contribution >= 4 is 34.0 Å². The minimum Gasteiger partial charge on any atom is -0.545 e. The Balaban J connectivity index is 0.00000342. The summed E-state index contributed by atoms with van der Waals surface area (Å²) in [6, 6.07) is 18.8. The van der Waals surface area contributed by atoms with Gasteiger partial charge in [0.25, 0.3) is 0 Å². The van der Waals surface area contributed by atoms with E-state index in [1.807, 2.05) is 43.3 Å². The summed E-state index contributed by atoms with van der Waals surface area (Å²) in [5.41, 5.74) is 3.13. The van der Waals surface area contributed by atoms with E-state index in [4.69, 9.17) is 9.37 Å². The van der Waals surface area contributed by atoms with Crippen LogP contribution >= 0.6 is 0 Å². The van der Waals surface area contributed by atoms with E-state index in [0.717, 1.165) is 11.3 Å². The molecular weight excluding hydrogens is 457 g/mol. The predicted octanol–water partition coefficient (Wildman–Crippen LogP) is -0.0695. The van der Waals surface area contributed by atoms with Gasteiger partial charge in [-0.3, -0.25) is 4.79 Å². The number of methoxy groups -OCH3 is 1. The number of ketones is 1. The summed E-state index contributed by atoms with van der Waals surface area (Å²) < 4.78 is 9.89. The summed E-state index contributed by atoms with van der Waals surface area (Å²) in [6.45, 7) is 0. The number of carbonyl (C=O) groups is 2. The number of carboxylic acids is 1. The first-order valence-corrected chi connectivity index (χ1v) is 10.5. The minimum absolute atomic E-state index is 0. The molecule has 0 amide bonds. The third-order valence-electron chi connectivity index (χ3n) is 5.51. The number of hydrogen-bond donors (Lipinski definition) is 0. The molecule has 3 aromatic carbocycles. The Labute approximate surface area is 224 Å². The van der Waals surface area contributed by atoms with Crippen molar-refractivity contribution in [2.75, 3.05) is 26.1 Å². The average Bonchev–Trinajstić information content (AvgIpc) is 3.31. The second-order valence-electron chi connectivity index (χ2n) is 7.90. The van der Waals surface area contributed by atoms with Crippen LogP contribution in [0.1, 0.15) is 21.5 Å². The smallest absolute Gasteiger partial charge is 0.545 e. The molecule has 0 aliphatic rings. The van der Waals surface area contributed by atoms with Gasteiger partial charge in [-0.05, 0) is 70.0 Å². The molecule has 9 heteroatoms. The fourth-order valence-corrected chi connectivity index (χ4v) is 3.67. The Morgan fingerprint density at radius 3 is 2.14 bits per heavy atom. The summed E-state index contributed by atoms with van der Waals surface area (Å²) in [5, 5.41) is 19.9. The number of benzene rings is 3. The number of anilines is 1. The first-order chi connectivity index (χ1) is 16.4. The maximum Gasteiger partial charge on any atom is 1.00 e. The van der Waals surface area contributed by atoms with Crippen molar-refractivity contribution in [1.82, 2.24) is 10.3 Å². The first kappa shape index (κ1) is 26.2. The molecule has 1 aromatic heterocycles. The number of ether oxygens (including phenoxy) is 1. The Bertz CT molecular complexity index is 1380. The van der Waals surface area contributed by atoms with Crippen LogP contribution < -0.4 is 44.3 Å². The number of Topliss-reactive ketones (excluding diaryl/α,β-unsaturated/α-hetero) is 1. The summed E-state index contributed by atoms with van der Waals surface area (Å²) in [7, 11) is 5.38. The molecule has 35 heavy (non-hydrogen) atoms. The van der Waals surface area contributed by atoms with Crippen LogP contribution in [0.4, 0.5) is 5.69 Å². The van der Waals surface area contributed by atoms with Crippen molar-refractivity contribution in [3.05, 3.63) is 89.0 Å². The third kappa shape index (κ3) is 5.79. The number of fused-ring (bicyclic) bond motifs is 1. The molecule has 4 rings (SSSR count). The van der Waals surface area contributed by atoms with Crippen LogP contribution in [0.15, 0.2) is 76.9 Å². The molecule has 1 heterocycles. The number of allylic oxidation sites excluding steroid dienone is 1. The maximum absolute atomic E-state index is 13.6.